The summed E-state index contributed by atoms with van der Waals surface area (Å²) in [5.41, 5.74) is 7.59. The van der Waals surface area contributed by atoms with Crippen LogP contribution in [0.4, 0.5) is 0 Å². The first-order valence-corrected chi connectivity index (χ1v) is 8.98. The predicted molar refractivity (Wildman–Crippen MR) is 106 cm³/mol. The Morgan fingerprint density at radius 3 is 2.43 bits per heavy atom. The van der Waals surface area contributed by atoms with Crippen LogP contribution in [0.3, 0.4) is 0 Å². The van der Waals surface area contributed by atoms with E-state index in [1.807, 2.05) is 0 Å². The lowest BCUT2D eigenvalue weighted by atomic mass is 9.83. The second kappa shape index (κ2) is 7.18. The molecule has 152 valence electrons. The van der Waals surface area contributed by atoms with Crippen molar-refractivity contribution in [2.24, 2.45) is 5.73 Å². The zero-order valence-electron chi connectivity index (χ0n) is 15.5. The molecule has 2 aromatic rings. The Kier molecular flexibility index (Phi) is 4.65. The van der Waals surface area contributed by atoms with Crippen LogP contribution in [-0.2, 0) is 0 Å². The second-order valence-corrected chi connectivity index (χ2v) is 6.80. The van der Waals surface area contributed by atoms with Gasteiger partial charge in [-0.3, -0.25) is 0 Å². The van der Waals surface area contributed by atoms with E-state index >= 15 is 0 Å². The Morgan fingerprint density at radius 2 is 1.77 bits per heavy atom. The summed E-state index contributed by atoms with van der Waals surface area (Å²) in [6.45, 7) is -0.00446. The zero-order valence-corrected chi connectivity index (χ0v) is 15.5. The minimum Gasteiger partial charge on any atom is -0.508 e. The summed E-state index contributed by atoms with van der Waals surface area (Å²) in [5.74, 6) is -2.06. The number of aliphatic hydroxyl groups excluding tert-OH is 1. The number of aliphatic hydroxyl groups is 1. The number of fused-ring (bicyclic) bond motifs is 2. The fraction of sp³-hybridized carbons (Fsp3) is 0.0909. The molecule has 0 spiro atoms. The molecule has 0 amide bonds. The molecule has 0 saturated heterocycles. The first-order valence-electron chi connectivity index (χ1n) is 8.98. The molecule has 2 aliphatic rings. The van der Waals surface area contributed by atoms with Gasteiger partial charge in [0.05, 0.1) is 17.2 Å². The average molecular weight is 407 g/mol. The number of allylic oxidation sites excluding steroid dienone is 1. The van der Waals surface area contributed by atoms with Gasteiger partial charge in [0.25, 0.3) is 0 Å². The van der Waals surface area contributed by atoms with Crippen LogP contribution in [0.2, 0.25) is 0 Å². The quantitative estimate of drug-likeness (QED) is 0.517. The summed E-state index contributed by atoms with van der Waals surface area (Å²) in [4.78, 5) is 23.3. The second-order valence-electron chi connectivity index (χ2n) is 6.80. The van der Waals surface area contributed by atoms with Crippen molar-refractivity contribution in [3.8, 4) is 11.5 Å². The van der Waals surface area contributed by atoms with Crippen molar-refractivity contribution >= 4 is 17.5 Å². The highest BCUT2D eigenvalue weighted by atomic mass is 16.5. The van der Waals surface area contributed by atoms with E-state index < -0.39 is 18.0 Å². The molecule has 0 saturated carbocycles. The van der Waals surface area contributed by atoms with Gasteiger partial charge in [-0.15, -0.1) is 0 Å². The van der Waals surface area contributed by atoms with Gasteiger partial charge in [0.2, 0.25) is 0 Å². The van der Waals surface area contributed by atoms with E-state index in [2.05, 4.69) is 0 Å². The molecule has 1 heterocycles. The summed E-state index contributed by atoms with van der Waals surface area (Å²) in [5, 5.41) is 39.2. The van der Waals surface area contributed by atoms with Gasteiger partial charge < -0.3 is 30.9 Å². The van der Waals surface area contributed by atoms with Gasteiger partial charge in [-0.25, -0.2) is 9.59 Å². The molecule has 2 aromatic carbocycles. The normalized spacial score (nSPS) is 17.3. The predicted octanol–water partition coefficient (Wildman–Crippen LogP) is 2.13. The first kappa shape index (κ1) is 19.4. The molecule has 1 unspecified atom stereocenters. The van der Waals surface area contributed by atoms with Crippen LogP contribution in [0.5, 0.6) is 11.5 Å². The summed E-state index contributed by atoms with van der Waals surface area (Å²) in [7, 11) is 0. The van der Waals surface area contributed by atoms with Crippen molar-refractivity contribution in [3.05, 3.63) is 87.7 Å². The van der Waals surface area contributed by atoms with Crippen LogP contribution in [0.15, 0.2) is 65.5 Å². The summed E-state index contributed by atoms with van der Waals surface area (Å²) in [6, 6.07) is 8.25. The summed E-state index contributed by atoms with van der Waals surface area (Å²) < 4.78 is 5.93. The molecule has 1 aliphatic heterocycles. The Labute approximate surface area is 170 Å². The molecule has 8 nitrogen and oxygen atoms in total. The van der Waals surface area contributed by atoms with Gasteiger partial charge in [0, 0.05) is 34.9 Å². The monoisotopic (exact) mass is 407 g/mol. The number of aromatic hydroxyl groups is 1. The van der Waals surface area contributed by atoms with E-state index in [0.717, 1.165) is 6.07 Å². The number of carboxylic acids is 2. The number of nitrogens with two attached hydrogens (primary N) is 1. The Bertz CT molecular complexity index is 1190. The number of hydrogen-bond donors (Lipinski definition) is 5. The van der Waals surface area contributed by atoms with Gasteiger partial charge in [-0.1, -0.05) is 18.2 Å². The number of carboxylic acid groups (broad SMARTS) is 2. The topological polar surface area (TPSA) is 150 Å². The maximum absolute atomic E-state index is 12.0. The Hall–Kier alpha value is -3.88. The molecule has 0 radical (unpaired) electrons. The van der Waals surface area contributed by atoms with Crippen molar-refractivity contribution in [2.75, 3.05) is 6.54 Å². The number of phenols is 1. The summed E-state index contributed by atoms with van der Waals surface area (Å²) in [6.07, 6.45) is 2.16. The first-order chi connectivity index (χ1) is 14.3. The van der Waals surface area contributed by atoms with Gasteiger partial charge in [-0.05, 0) is 29.8 Å². The third kappa shape index (κ3) is 3.04. The minimum atomic E-state index is -1.29. The Balaban J connectivity index is 2.09. The molecule has 30 heavy (non-hydrogen) atoms. The number of phenolic OH excluding ortho intramolecular Hbond substituents is 1. The van der Waals surface area contributed by atoms with E-state index in [-0.39, 0.29) is 40.5 Å². The van der Waals surface area contributed by atoms with Crippen molar-refractivity contribution in [1.29, 1.82) is 0 Å². The maximum Gasteiger partial charge on any atom is 0.336 e. The number of hydrogen-bond acceptors (Lipinski definition) is 6. The van der Waals surface area contributed by atoms with E-state index in [1.165, 1.54) is 30.3 Å². The number of aromatic carboxylic acids is 2. The number of carbonyl (C=O) groups is 2. The average Bonchev–Trinajstić information content (AvgIpc) is 2.71. The van der Waals surface area contributed by atoms with Crippen LogP contribution in [-0.4, -0.2) is 45.0 Å². The van der Waals surface area contributed by atoms with E-state index in [4.69, 9.17) is 10.5 Å². The zero-order chi connectivity index (χ0) is 21.6. The van der Waals surface area contributed by atoms with Crippen molar-refractivity contribution in [1.82, 2.24) is 0 Å². The SMILES string of the molecule is NCC1=C2Oc3cc(O)ccc3C(c3ccc(C(=O)O)cc3C(=O)O)=C2C=CC1O. The fourth-order valence-corrected chi connectivity index (χ4v) is 3.64. The van der Waals surface area contributed by atoms with Crippen LogP contribution in [0.1, 0.15) is 31.8 Å². The molecule has 6 N–H and O–H groups in total. The molecular formula is C22H17NO7. The van der Waals surface area contributed by atoms with Crippen molar-refractivity contribution in [3.63, 3.8) is 0 Å². The van der Waals surface area contributed by atoms with Crippen LogP contribution in [0, 0.1) is 0 Å². The van der Waals surface area contributed by atoms with Gasteiger partial charge in [0.1, 0.15) is 17.3 Å². The third-order valence-corrected chi connectivity index (χ3v) is 5.04. The number of ether oxygens (including phenoxy) is 1. The van der Waals surface area contributed by atoms with Crippen LogP contribution < -0.4 is 10.5 Å². The van der Waals surface area contributed by atoms with Crippen LogP contribution >= 0.6 is 0 Å². The highest BCUT2D eigenvalue weighted by molar-refractivity contribution is 6.02. The molecular weight excluding hydrogens is 390 g/mol. The molecule has 0 fully saturated rings. The van der Waals surface area contributed by atoms with Crippen LogP contribution in [0.25, 0.3) is 5.57 Å². The molecule has 8 heteroatoms. The lowest BCUT2D eigenvalue weighted by Crippen LogP contribution is -2.26. The third-order valence-electron chi connectivity index (χ3n) is 5.04. The lowest BCUT2D eigenvalue weighted by molar-refractivity contribution is 0.0695. The molecule has 1 aliphatic carbocycles. The lowest BCUT2D eigenvalue weighted by Gasteiger charge is -2.30. The largest absolute Gasteiger partial charge is 0.508 e. The smallest absolute Gasteiger partial charge is 0.336 e. The van der Waals surface area contributed by atoms with E-state index in [1.54, 1.807) is 12.1 Å². The van der Waals surface area contributed by atoms with E-state index in [9.17, 15) is 30.0 Å². The number of rotatable bonds is 4. The molecule has 1 atom stereocenters. The van der Waals surface area contributed by atoms with Gasteiger partial charge in [0.15, 0.2) is 0 Å². The minimum absolute atomic E-state index is 0.00446. The van der Waals surface area contributed by atoms with Crippen molar-refractivity contribution in [2.45, 2.75) is 6.10 Å². The maximum atomic E-state index is 12.0. The number of benzene rings is 2. The Morgan fingerprint density at radius 1 is 1.03 bits per heavy atom. The standard InChI is InChI=1S/C22H17NO7/c23-9-16-17(25)6-5-14-19(13-4-2-11(24)8-18(13)30-20(14)16)12-3-1-10(21(26)27)7-15(12)22(28)29/h1-8,17,24-25H,9,23H2,(H,26,27)(H,28,29). The highest BCUT2D eigenvalue weighted by Crippen LogP contribution is 2.46. The molecule has 0 bridgehead atoms. The molecule has 4 rings (SSSR count). The summed E-state index contributed by atoms with van der Waals surface area (Å²) >= 11 is 0. The van der Waals surface area contributed by atoms with E-state index in [0.29, 0.717) is 22.3 Å². The highest BCUT2D eigenvalue weighted by Gasteiger charge is 2.32. The fourth-order valence-electron chi connectivity index (χ4n) is 3.64. The van der Waals surface area contributed by atoms with Gasteiger partial charge in [-0.2, -0.15) is 0 Å². The van der Waals surface area contributed by atoms with Crippen molar-refractivity contribution < 1.29 is 34.8 Å². The van der Waals surface area contributed by atoms with Gasteiger partial charge >= 0.3 is 11.9 Å². The molecule has 0 aromatic heterocycles.